The molecule has 2 heterocycles. The topological polar surface area (TPSA) is 80.9 Å². The van der Waals surface area contributed by atoms with E-state index in [0.717, 1.165) is 16.3 Å². The van der Waals surface area contributed by atoms with Crippen molar-refractivity contribution in [2.45, 2.75) is 13.8 Å². The van der Waals surface area contributed by atoms with Crippen LogP contribution in [0.5, 0.6) is 0 Å². The van der Waals surface area contributed by atoms with Gasteiger partial charge in [-0.15, -0.1) is 11.3 Å². The quantitative estimate of drug-likeness (QED) is 0.743. The molecule has 0 aliphatic rings. The maximum absolute atomic E-state index is 12.0. The van der Waals surface area contributed by atoms with Gasteiger partial charge in [0.2, 0.25) is 17.6 Å². The van der Waals surface area contributed by atoms with Crippen LogP contribution in [0, 0.1) is 13.8 Å². The fourth-order valence-electron chi connectivity index (χ4n) is 1.95. The number of nitrogens with one attached hydrogen (secondary N) is 1. The summed E-state index contributed by atoms with van der Waals surface area (Å²) in [5, 5.41) is 9.53. The van der Waals surface area contributed by atoms with Gasteiger partial charge in [0.25, 0.3) is 0 Å². The summed E-state index contributed by atoms with van der Waals surface area (Å²) in [7, 11) is 0. The van der Waals surface area contributed by atoms with E-state index in [2.05, 4.69) is 20.4 Å². The Kier molecular flexibility index (Phi) is 4.29. The molecule has 0 spiro atoms. The Morgan fingerprint density at radius 2 is 2.17 bits per heavy atom. The van der Waals surface area contributed by atoms with Gasteiger partial charge in [0, 0.05) is 29.6 Å². The van der Waals surface area contributed by atoms with E-state index in [1.807, 2.05) is 24.4 Å². The van der Waals surface area contributed by atoms with Crippen molar-refractivity contribution in [2.75, 3.05) is 5.32 Å². The van der Waals surface area contributed by atoms with Crippen molar-refractivity contribution in [3.05, 3.63) is 52.3 Å². The van der Waals surface area contributed by atoms with Gasteiger partial charge in [0.05, 0.1) is 10.7 Å². The molecule has 3 rings (SSSR count). The molecule has 3 aromatic rings. The molecule has 7 heteroatoms. The van der Waals surface area contributed by atoms with Gasteiger partial charge >= 0.3 is 0 Å². The van der Waals surface area contributed by atoms with Crippen LogP contribution < -0.4 is 5.32 Å². The van der Waals surface area contributed by atoms with Crippen LogP contribution in [-0.2, 0) is 4.79 Å². The predicted molar refractivity (Wildman–Crippen MR) is 89.0 cm³/mol. The first kappa shape index (κ1) is 15.1. The van der Waals surface area contributed by atoms with E-state index < -0.39 is 0 Å². The number of carbonyl (C=O) groups excluding carboxylic acids is 1. The maximum atomic E-state index is 12.0. The van der Waals surface area contributed by atoms with Crippen LogP contribution in [0.2, 0.25) is 0 Å². The highest BCUT2D eigenvalue weighted by Gasteiger charge is 2.07. The fraction of sp³-hybridized carbons (Fsp3) is 0.125. The molecule has 0 aliphatic heterocycles. The predicted octanol–water partition coefficient (Wildman–Crippen LogP) is 3.46. The van der Waals surface area contributed by atoms with E-state index in [-0.39, 0.29) is 5.91 Å². The van der Waals surface area contributed by atoms with Gasteiger partial charge in [-0.3, -0.25) is 4.79 Å². The summed E-state index contributed by atoms with van der Waals surface area (Å²) >= 11 is 1.54. The third-order valence-electron chi connectivity index (χ3n) is 2.96. The molecule has 6 nitrogen and oxygen atoms in total. The number of hydrogen-bond acceptors (Lipinski definition) is 6. The normalized spacial score (nSPS) is 11.0. The second-order valence-electron chi connectivity index (χ2n) is 4.83. The Balaban J connectivity index is 1.70. The number of benzene rings is 1. The minimum Gasteiger partial charge on any atom is -0.339 e. The Labute approximate surface area is 136 Å². The van der Waals surface area contributed by atoms with E-state index in [1.54, 1.807) is 36.5 Å². The second-order valence-corrected chi connectivity index (χ2v) is 5.89. The molecule has 0 unspecified atom stereocenters. The van der Waals surface area contributed by atoms with Crippen LogP contribution in [0.15, 0.2) is 40.2 Å². The van der Waals surface area contributed by atoms with Crippen LogP contribution in [-0.4, -0.2) is 21.0 Å². The monoisotopic (exact) mass is 326 g/mol. The van der Waals surface area contributed by atoms with E-state index >= 15 is 0 Å². The van der Waals surface area contributed by atoms with Crippen molar-refractivity contribution >= 4 is 29.0 Å². The van der Waals surface area contributed by atoms with Crippen LogP contribution in [0.4, 0.5) is 5.69 Å². The molecule has 0 radical (unpaired) electrons. The molecule has 116 valence electrons. The van der Waals surface area contributed by atoms with Gasteiger partial charge < -0.3 is 9.84 Å². The average Bonchev–Trinajstić information content (AvgIpc) is 3.14. The lowest BCUT2D eigenvalue weighted by Gasteiger charge is -2.03. The Hall–Kier alpha value is -2.80. The number of rotatable bonds is 4. The number of hydrogen-bond donors (Lipinski definition) is 1. The zero-order valence-electron chi connectivity index (χ0n) is 12.6. The van der Waals surface area contributed by atoms with Crippen molar-refractivity contribution in [3.63, 3.8) is 0 Å². The molecule has 0 fully saturated rings. The summed E-state index contributed by atoms with van der Waals surface area (Å²) in [6.07, 6.45) is 3.14. The first-order valence-corrected chi connectivity index (χ1v) is 7.80. The smallest absolute Gasteiger partial charge is 0.248 e. The Bertz CT molecular complexity index is 866. The Morgan fingerprint density at radius 1 is 1.30 bits per heavy atom. The molecular weight excluding hydrogens is 312 g/mol. The molecule has 0 atom stereocenters. The van der Waals surface area contributed by atoms with Crippen molar-refractivity contribution in [1.82, 2.24) is 15.1 Å². The van der Waals surface area contributed by atoms with Crippen LogP contribution in [0.3, 0.4) is 0 Å². The molecule has 1 N–H and O–H groups in total. The number of aromatic nitrogens is 3. The third kappa shape index (κ3) is 3.89. The van der Waals surface area contributed by atoms with Gasteiger partial charge in [-0.05, 0) is 25.1 Å². The lowest BCUT2D eigenvalue weighted by atomic mass is 10.2. The van der Waals surface area contributed by atoms with Crippen molar-refractivity contribution in [3.8, 4) is 11.4 Å². The largest absolute Gasteiger partial charge is 0.339 e. The SMILES string of the molecule is Cc1nc(-c2cccc(NC(=O)C=Cc3csc(C)n3)c2)no1. The molecule has 0 saturated carbocycles. The number of amides is 1. The minimum atomic E-state index is -0.225. The van der Waals surface area contributed by atoms with Crippen molar-refractivity contribution < 1.29 is 9.32 Å². The lowest BCUT2D eigenvalue weighted by Crippen LogP contribution is -2.07. The highest BCUT2D eigenvalue weighted by atomic mass is 32.1. The zero-order chi connectivity index (χ0) is 16.2. The standard InChI is InChI=1S/C16H14N4O2S/c1-10-17-16(20-22-10)12-4-3-5-13(8-12)19-15(21)7-6-14-9-23-11(2)18-14/h3-9H,1-2H3,(H,19,21). The molecule has 0 bridgehead atoms. The van der Waals surface area contributed by atoms with Crippen LogP contribution >= 0.6 is 11.3 Å². The minimum absolute atomic E-state index is 0.225. The van der Waals surface area contributed by atoms with Gasteiger partial charge in [0.15, 0.2) is 0 Å². The van der Waals surface area contributed by atoms with Gasteiger partial charge in [0.1, 0.15) is 0 Å². The summed E-state index contributed by atoms with van der Waals surface area (Å²) in [4.78, 5) is 20.4. The summed E-state index contributed by atoms with van der Waals surface area (Å²) in [5.74, 6) is 0.764. The van der Waals surface area contributed by atoms with E-state index in [1.165, 1.54) is 6.08 Å². The summed E-state index contributed by atoms with van der Waals surface area (Å²) in [5.41, 5.74) is 2.21. The molecule has 1 amide bonds. The van der Waals surface area contributed by atoms with Crippen LogP contribution in [0.25, 0.3) is 17.5 Å². The first-order chi connectivity index (χ1) is 11.1. The first-order valence-electron chi connectivity index (χ1n) is 6.92. The second kappa shape index (κ2) is 6.53. The fourth-order valence-corrected chi connectivity index (χ4v) is 2.53. The summed E-state index contributed by atoms with van der Waals surface area (Å²) < 4.78 is 4.96. The number of carbonyl (C=O) groups is 1. The van der Waals surface area contributed by atoms with Crippen LogP contribution in [0.1, 0.15) is 16.6 Å². The van der Waals surface area contributed by atoms with Gasteiger partial charge in [-0.1, -0.05) is 17.3 Å². The number of aryl methyl sites for hydroxylation is 2. The maximum Gasteiger partial charge on any atom is 0.248 e. The van der Waals surface area contributed by atoms with E-state index in [0.29, 0.717) is 17.4 Å². The lowest BCUT2D eigenvalue weighted by molar-refractivity contribution is -0.111. The number of thiazole rings is 1. The highest BCUT2D eigenvalue weighted by Crippen LogP contribution is 2.20. The highest BCUT2D eigenvalue weighted by molar-refractivity contribution is 7.09. The molecule has 0 saturated heterocycles. The molecule has 0 aliphatic carbocycles. The molecule has 23 heavy (non-hydrogen) atoms. The average molecular weight is 326 g/mol. The zero-order valence-corrected chi connectivity index (χ0v) is 13.4. The number of nitrogens with zero attached hydrogens (tertiary/aromatic N) is 3. The molecule has 2 aromatic heterocycles. The number of anilines is 1. The van der Waals surface area contributed by atoms with Crippen molar-refractivity contribution in [2.24, 2.45) is 0 Å². The summed E-state index contributed by atoms with van der Waals surface area (Å²) in [6.45, 7) is 3.65. The van der Waals surface area contributed by atoms with Gasteiger partial charge in [-0.25, -0.2) is 4.98 Å². The molecule has 1 aromatic carbocycles. The van der Waals surface area contributed by atoms with E-state index in [9.17, 15) is 4.79 Å². The van der Waals surface area contributed by atoms with E-state index in [4.69, 9.17) is 4.52 Å². The summed E-state index contributed by atoms with van der Waals surface area (Å²) in [6, 6.07) is 7.27. The van der Waals surface area contributed by atoms with Gasteiger partial charge in [-0.2, -0.15) is 4.98 Å². The molecular formula is C16H14N4O2S. The third-order valence-corrected chi connectivity index (χ3v) is 3.75. The Morgan fingerprint density at radius 3 is 2.87 bits per heavy atom. The van der Waals surface area contributed by atoms with Crippen molar-refractivity contribution in [1.29, 1.82) is 0 Å².